The second-order valence-electron chi connectivity index (χ2n) is 8.54. The van der Waals surface area contributed by atoms with Crippen LogP contribution in [0.4, 0.5) is 5.82 Å². The summed E-state index contributed by atoms with van der Waals surface area (Å²) in [5, 5.41) is 4.82. The Morgan fingerprint density at radius 3 is 2.64 bits per heavy atom. The maximum absolute atomic E-state index is 4.98. The van der Waals surface area contributed by atoms with E-state index < -0.39 is 0 Å². The highest BCUT2D eigenvalue weighted by molar-refractivity contribution is 7.19. The monoisotopic (exact) mass is 358 g/mol. The molecule has 1 fully saturated rings. The number of hydrogen-bond acceptors (Lipinski definition) is 5. The topological polar surface area (TPSA) is 41.1 Å². The summed E-state index contributed by atoms with van der Waals surface area (Å²) in [5.41, 5.74) is 1.94. The molecular weight excluding hydrogens is 328 g/mol. The molecule has 0 amide bonds. The summed E-state index contributed by atoms with van der Waals surface area (Å²) in [4.78, 5) is 15.2. The quantitative estimate of drug-likeness (QED) is 0.886. The molecule has 4 nitrogen and oxygen atoms in total. The number of hydrogen-bond donors (Lipinski definition) is 1. The lowest BCUT2D eigenvalue weighted by Crippen LogP contribution is -2.44. The zero-order valence-corrected chi connectivity index (χ0v) is 16.8. The molecule has 136 valence electrons. The molecule has 0 spiro atoms. The molecule has 2 aromatic heterocycles. The maximum Gasteiger partial charge on any atom is 0.141 e. The number of aryl methyl sites for hydroxylation is 2. The van der Waals surface area contributed by atoms with Gasteiger partial charge in [0.15, 0.2) is 0 Å². The Kier molecular flexibility index (Phi) is 4.49. The molecule has 4 rings (SSSR count). The van der Waals surface area contributed by atoms with Crippen LogP contribution in [-0.4, -0.2) is 36.1 Å². The van der Waals surface area contributed by atoms with Gasteiger partial charge in [0.2, 0.25) is 0 Å². The van der Waals surface area contributed by atoms with Gasteiger partial charge in [0.1, 0.15) is 16.5 Å². The lowest BCUT2D eigenvalue weighted by atomic mass is 9.72. The van der Waals surface area contributed by atoms with Crippen molar-refractivity contribution >= 4 is 27.4 Å². The van der Waals surface area contributed by atoms with Gasteiger partial charge in [0.25, 0.3) is 0 Å². The summed E-state index contributed by atoms with van der Waals surface area (Å²) in [6.45, 7) is 13.5. The standard InChI is InChI=1S/C20H30N4S/c1-5-16-22-18(24-10-8-21-9-11-24)17-14-7-6-13(20(2,3)4)12-15(14)25-19(17)23-16/h13,21H,5-12H2,1-4H3. The number of piperazine rings is 1. The van der Waals surface area contributed by atoms with Gasteiger partial charge in [-0.3, -0.25) is 0 Å². The van der Waals surface area contributed by atoms with Gasteiger partial charge in [0, 0.05) is 37.5 Å². The molecule has 1 N–H and O–H groups in total. The Bertz CT molecular complexity index is 768. The van der Waals surface area contributed by atoms with Gasteiger partial charge in [-0.15, -0.1) is 11.3 Å². The summed E-state index contributed by atoms with van der Waals surface area (Å²) in [5.74, 6) is 2.97. The Hall–Kier alpha value is -1.20. The van der Waals surface area contributed by atoms with Crippen molar-refractivity contribution in [1.29, 1.82) is 0 Å². The first-order valence-corrected chi connectivity index (χ1v) is 10.6. The first-order chi connectivity index (χ1) is 12.0. The molecule has 2 aliphatic rings. The van der Waals surface area contributed by atoms with Crippen LogP contribution in [0.25, 0.3) is 10.2 Å². The van der Waals surface area contributed by atoms with Gasteiger partial charge in [-0.2, -0.15) is 0 Å². The fourth-order valence-corrected chi connectivity index (χ4v) is 5.52. The molecule has 5 heteroatoms. The van der Waals surface area contributed by atoms with E-state index in [9.17, 15) is 0 Å². The van der Waals surface area contributed by atoms with Crippen LogP contribution in [0.2, 0.25) is 0 Å². The third-order valence-corrected chi connectivity index (χ3v) is 7.04. The molecule has 0 saturated carbocycles. The number of fused-ring (bicyclic) bond motifs is 3. The van der Waals surface area contributed by atoms with Crippen LogP contribution >= 0.6 is 11.3 Å². The van der Waals surface area contributed by atoms with Gasteiger partial charge in [0.05, 0.1) is 5.39 Å². The molecular formula is C20H30N4S. The summed E-state index contributed by atoms with van der Waals surface area (Å²) in [7, 11) is 0. The van der Waals surface area contributed by atoms with E-state index in [0.717, 1.165) is 44.3 Å². The molecule has 1 aliphatic carbocycles. The lowest BCUT2D eigenvalue weighted by molar-refractivity contribution is 0.218. The third-order valence-electron chi connectivity index (χ3n) is 5.89. The molecule has 1 aliphatic heterocycles. The van der Waals surface area contributed by atoms with Crippen LogP contribution in [0.5, 0.6) is 0 Å². The predicted molar refractivity (Wildman–Crippen MR) is 107 cm³/mol. The smallest absolute Gasteiger partial charge is 0.141 e. The summed E-state index contributed by atoms with van der Waals surface area (Å²) in [6, 6.07) is 0. The molecule has 0 radical (unpaired) electrons. The van der Waals surface area contributed by atoms with Crippen LogP contribution < -0.4 is 10.2 Å². The zero-order chi connectivity index (χ0) is 17.6. The van der Waals surface area contributed by atoms with E-state index in [2.05, 4.69) is 37.9 Å². The predicted octanol–water partition coefficient (Wildman–Crippen LogP) is 3.81. The number of rotatable bonds is 2. The van der Waals surface area contributed by atoms with Gasteiger partial charge in [-0.1, -0.05) is 27.7 Å². The molecule has 2 aromatic rings. The highest BCUT2D eigenvalue weighted by atomic mass is 32.1. The Labute approximate surface area is 155 Å². The van der Waals surface area contributed by atoms with Crippen molar-refractivity contribution in [3.8, 4) is 0 Å². The Morgan fingerprint density at radius 1 is 1.20 bits per heavy atom. The summed E-state index contributed by atoms with van der Waals surface area (Å²) >= 11 is 1.93. The zero-order valence-electron chi connectivity index (χ0n) is 16.0. The van der Waals surface area contributed by atoms with Crippen molar-refractivity contribution in [1.82, 2.24) is 15.3 Å². The normalized spacial score (nSPS) is 21.6. The van der Waals surface area contributed by atoms with Gasteiger partial charge in [-0.05, 0) is 36.2 Å². The van der Waals surface area contributed by atoms with E-state index in [0.29, 0.717) is 5.41 Å². The minimum Gasteiger partial charge on any atom is -0.353 e. The summed E-state index contributed by atoms with van der Waals surface area (Å²) < 4.78 is 0. The number of nitrogens with one attached hydrogen (secondary N) is 1. The van der Waals surface area contributed by atoms with Crippen molar-refractivity contribution in [2.24, 2.45) is 11.3 Å². The Morgan fingerprint density at radius 2 is 1.96 bits per heavy atom. The average Bonchev–Trinajstić information content (AvgIpc) is 2.98. The molecule has 0 bridgehead atoms. The first-order valence-electron chi connectivity index (χ1n) is 9.74. The lowest BCUT2D eigenvalue weighted by Gasteiger charge is -2.34. The van der Waals surface area contributed by atoms with Crippen molar-refractivity contribution in [2.45, 2.75) is 53.4 Å². The first kappa shape index (κ1) is 17.2. The van der Waals surface area contributed by atoms with Crippen molar-refractivity contribution in [3.05, 3.63) is 16.3 Å². The van der Waals surface area contributed by atoms with Crippen LogP contribution in [0, 0.1) is 11.3 Å². The number of nitrogens with zero attached hydrogens (tertiary/aromatic N) is 3. The molecule has 1 saturated heterocycles. The SMILES string of the molecule is CCc1nc(N2CCNCC2)c2c3c(sc2n1)CC(C(C)(C)C)CC3. The fourth-order valence-electron chi connectivity index (χ4n) is 4.20. The molecule has 3 heterocycles. The number of anilines is 1. The minimum atomic E-state index is 0.384. The van der Waals surface area contributed by atoms with E-state index in [-0.39, 0.29) is 0 Å². The fraction of sp³-hybridized carbons (Fsp3) is 0.700. The van der Waals surface area contributed by atoms with Gasteiger partial charge in [-0.25, -0.2) is 9.97 Å². The largest absolute Gasteiger partial charge is 0.353 e. The van der Waals surface area contributed by atoms with Gasteiger partial charge < -0.3 is 10.2 Å². The summed E-state index contributed by atoms with van der Waals surface area (Å²) in [6.07, 6.45) is 4.59. The van der Waals surface area contributed by atoms with E-state index >= 15 is 0 Å². The number of thiophene rings is 1. The molecule has 1 unspecified atom stereocenters. The van der Waals surface area contributed by atoms with Crippen molar-refractivity contribution < 1.29 is 0 Å². The van der Waals surface area contributed by atoms with E-state index in [1.807, 2.05) is 11.3 Å². The maximum atomic E-state index is 4.98. The third kappa shape index (κ3) is 3.17. The highest BCUT2D eigenvalue weighted by Gasteiger charge is 2.32. The van der Waals surface area contributed by atoms with Crippen LogP contribution in [-0.2, 0) is 19.3 Å². The second kappa shape index (κ2) is 6.51. The van der Waals surface area contributed by atoms with E-state index in [1.165, 1.54) is 35.3 Å². The minimum absolute atomic E-state index is 0.384. The van der Waals surface area contributed by atoms with Crippen LogP contribution in [0.3, 0.4) is 0 Å². The second-order valence-corrected chi connectivity index (χ2v) is 9.63. The molecule has 25 heavy (non-hydrogen) atoms. The molecule has 1 atom stereocenters. The van der Waals surface area contributed by atoms with E-state index in [4.69, 9.17) is 9.97 Å². The average molecular weight is 359 g/mol. The van der Waals surface area contributed by atoms with Crippen LogP contribution in [0.15, 0.2) is 0 Å². The van der Waals surface area contributed by atoms with Crippen LogP contribution in [0.1, 0.15) is 50.4 Å². The van der Waals surface area contributed by atoms with Crippen molar-refractivity contribution in [3.63, 3.8) is 0 Å². The van der Waals surface area contributed by atoms with E-state index in [1.54, 1.807) is 10.4 Å². The Balaban J connectivity index is 1.81. The van der Waals surface area contributed by atoms with Gasteiger partial charge >= 0.3 is 0 Å². The molecule has 0 aromatic carbocycles. The highest BCUT2D eigenvalue weighted by Crippen LogP contribution is 2.45. The number of aromatic nitrogens is 2. The van der Waals surface area contributed by atoms with Crippen molar-refractivity contribution in [2.75, 3.05) is 31.1 Å².